The van der Waals surface area contributed by atoms with Crippen LogP contribution in [0, 0.1) is 10.1 Å². The number of carbonyl (C=O) groups is 1. The molecule has 10 heteroatoms. The summed E-state index contributed by atoms with van der Waals surface area (Å²) in [4.78, 5) is 22.7. The first-order chi connectivity index (χ1) is 13.8. The molecule has 0 bridgehead atoms. The second kappa shape index (κ2) is 8.89. The Labute approximate surface area is 173 Å². The van der Waals surface area contributed by atoms with Crippen LogP contribution in [0.25, 0.3) is 0 Å². The highest BCUT2D eigenvalue weighted by Gasteiger charge is 2.22. The van der Waals surface area contributed by atoms with E-state index < -0.39 is 20.9 Å². The zero-order chi connectivity index (χ0) is 21.0. The van der Waals surface area contributed by atoms with E-state index in [1.54, 1.807) is 0 Å². The van der Waals surface area contributed by atoms with E-state index in [9.17, 15) is 23.3 Å². The van der Waals surface area contributed by atoms with Crippen molar-refractivity contribution < 1.29 is 18.1 Å². The average molecular weight is 438 g/mol. The lowest BCUT2D eigenvalue weighted by Gasteiger charge is -2.22. The molecule has 1 fully saturated rings. The number of nitro groups is 1. The number of hydrogen-bond acceptors (Lipinski definition) is 5. The number of rotatable bonds is 6. The van der Waals surface area contributed by atoms with Gasteiger partial charge in [-0.25, -0.2) is 13.1 Å². The fraction of sp³-hybridized carbons (Fsp3) is 0.316. The molecule has 2 aromatic rings. The molecule has 2 N–H and O–H groups in total. The Morgan fingerprint density at radius 3 is 2.34 bits per heavy atom. The fourth-order valence-electron chi connectivity index (χ4n) is 3.22. The summed E-state index contributed by atoms with van der Waals surface area (Å²) in [7, 11) is -3.63. The van der Waals surface area contributed by atoms with Crippen molar-refractivity contribution in [2.45, 2.75) is 43.0 Å². The molecule has 1 aliphatic carbocycles. The van der Waals surface area contributed by atoms with E-state index in [2.05, 4.69) is 10.0 Å². The van der Waals surface area contributed by atoms with Crippen LogP contribution in [0.4, 0.5) is 11.4 Å². The summed E-state index contributed by atoms with van der Waals surface area (Å²) in [6.07, 6.45) is 4.83. The van der Waals surface area contributed by atoms with E-state index in [-0.39, 0.29) is 27.2 Å². The maximum atomic E-state index is 12.5. The summed E-state index contributed by atoms with van der Waals surface area (Å²) in [6, 6.07) is 9.45. The Morgan fingerprint density at radius 1 is 1.07 bits per heavy atom. The molecule has 8 nitrogen and oxygen atoms in total. The summed E-state index contributed by atoms with van der Waals surface area (Å²) < 4.78 is 27.8. The third-order valence-electron chi connectivity index (χ3n) is 4.75. The van der Waals surface area contributed by atoms with Crippen molar-refractivity contribution in [3.63, 3.8) is 0 Å². The minimum absolute atomic E-state index is 0.0474. The van der Waals surface area contributed by atoms with Gasteiger partial charge in [-0.05, 0) is 49.2 Å². The van der Waals surface area contributed by atoms with Gasteiger partial charge in [-0.2, -0.15) is 0 Å². The summed E-state index contributed by atoms with van der Waals surface area (Å²) in [6.45, 7) is 0. The molecule has 3 rings (SSSR count). The number of carbonyl (C=O) groups excluding carboxylic acids is 1. The number of benzene rings is 2. The van der Waals surface area contributed by atoms with Gasteiger partial charge in [0.15, 0.2) is 0 Å². The van der Waals surface area contributed by atoms with E-state index >= 15 is 0 Å². The first kappa shape index (κ1) is 21.2. The standard InChI is InChI=1S/C19H20ClN3O5S/c20-17-11-6-13(12-18(17)23(25)26)19(24)21-14-7-9-16(10-8-14)29(27,28)22-15-4-2-1-3-5-15/h6-12,15,22H,1-5H2,(H,21,24). The van der Waals surface area contributed by atoms with Gasteiger partial charge in [0.1, 0.15) is 5.02 Å². The van der Waals surface area contributed by atoms with Gasteiger partial charge in [0.05, 0.1) is 9.82 Å². The number of nitro benzene ring substituents is 1. The fourth-order valence-corrected chi connectivity index (χ4v) is 4.71. The smallest absolute Gasteiger partial charge is 0.288 e. The second-order valence-electron chi connectivity index (χ2n) is 6.86. The van der Waals surface area contributed by atoms with Gasteiger partial charge in [-0.15, -0.1) is 0 Å². The van der Waals surface area contributed by atoms with Gasteiger partial charge >= 0.3 is 0 Å². The Morgan fingerprint density at radius 2 is 1.72 bits per heavy atom. The van der Waals surface area contributed by atoms with Crippen molar-refractivity contribution in [1.82, 2.24) is 4.72 Å². The molecule has 0 aliphatic heterocycles. The molecule has 1 saturated carbocycles. The van der Waals surface area contributed by atoms with Crippen molar-refractivity contribution in [3.8, 4) is 0 Å². The number of halogens is 1. The molecule has 29 heavy (non-hydrogen) atoms. The zero-order valence-electron chi connectivity index (χ0n) is 15.4. The SMILES string of the molecule is O=C(Nc1ccc(S(=O)(=O)NC2CCCCC2)cc1)c1ccc(Cl)c([N+](=O)[O-])c1. The predicted molar refractivity (Wildman–Crippen MR) is 110 cm³/mol. The molecule has 0 unspecified atom stereocenters. The topological polar surface area (TPSA) is 118 Å². The molecule has 0 aromatic heterocycles. The number of nitrogens with zero attached hydrogens (tertiary/aromatic N) is 1. The van der Waals surface area contributed by atoms with Crippen molar-refractivity contribution in [2.75, 3.05) is 5.32 Å². The maximum absolute atomic E-state index is 12.5. The Hall–Kier alpha value is -2.49. The van der Waals surface area contributed by atoms with Crippen LogP contribution in [0.3, 0.4) is 0 Å². The quantitative estimate of drug-likeness (QED) is 0.520. The van der Waals surface area contributed by atoms with Gasteiger partial charge in [-0.3, -0.25) is 14.9 Å². The third-order valence-corrected chi connectivity index (χ3v) is 6.61. The van der Waals surface area contributed by atoms with Crippen LogP contribution in [0.5, 0.6) is 0 Å². The summed E-state index contributed by atoms with van der Waals surface area (Å²) >= 11 is 5.75. The lowest BCUT2D eigenvalue weighted by Crippen LogP contribution is -2.36. The number of hydrogen-bond donors (Lipinski definition) is 2. The minimum atomic E-state index is -3.63. The van der Waals surface area contributed by atoms with E-state index in [0.717, 1.165) is 38.2 Å². The molecule has 154 valence electrons. The van der Waals surface area contributed by atoms with Crippen LogP contribution in [0.2, 0.25) is 5.02 Å². The van der Waals surface area contributed by atoms with Gasteiger partial charge in [0, 0.05) is 23.4 Å². The molecule has 0 radical (unpaired) electrons. The minimum Gasteiger partial charge on any atom is -0.322 e. The first-order valence-electron chi connectivity index (χ1n) is 9.14. The Balaban J connectivity index is 1.69. The van der Waals surface area contributed by atoms with Crippen LogP contribution >= 0.6 is 11.6 Å². The normalized spacial score (nSPS) is 15.1. The first-order valence-corrected chi connectivity index (χ1v) is 11.0. The highest BCUT2D eigenvalue weighted by Crippen LogP contribution is 2.26. The Bertz CT molecular complexity index is 1020. The highest BCUT2D eigenvalue weighted by atomic mass is 35.5. The number of sulfonamides is 1. The average Bonchev–Trinajstić information content (AvgIpc) is 2.69. The van der Waals surface area contributed by atoms with Crippen molar-refractivity contribution in [1.29, 1.82) is 0 Å². The monoisotopic (exact) mass is 437 g/mol. The molecule has 0 spiro atoms. The van der Waals surface area contributed by atoms with Gasteiger partial charge in [0.25, 0.3) is 11.6 Å². The molecule has 1 aliphatic rings. The lowest BCUT2D eigenvalue weighted by atomic mass is 9.96. The second-order valence-corrected chi connectivity index (χ2v) is 8.98. The Kier molecular flexibility index (Phi) is 6.51. The molecule has 0 saturated heterocycles. The van der Waals surface area contributed by atoms with Crippen LogP contribution < -0.4 is 10.0 Å². The van der Waals surface area contributed by atoms with Crippen LogP contribution in [0.15, 0.2) is 47.4 Å². The van der Waals surface area contributed by atoms with E-state index in [1.165, 1.54) is 36.4 Å². The third kappa shape index (κ3) is 5.31. The molecule has 0 heterocycles. The van der Waals surface area contributed by atoms with Crippen LogP contribution in [0.1, 0.15) is 42.5 Å². The van der Waals surface area contributed by atoms with E-state index in [0.29, 0.717) is 5.69 Å². The summed E-state index contributed by atoms with van der Waals surface area (Å²) in [5.74, 6) is -0.569. The highest BCUT2D eigenvalue weighted by molar-refractivity contribution is 7.89. The van der Waals surface area contributed by atoms with Crippen LogP contribution in [-0.4, -0.2) is 25.3 Å². The van der Waals surface area contributed by atoms with Crippen molar-refractivity contribution >= 4 is 38.9 Å². The van der Waals surface area contributed by atoms with Crippen LogP contribution in [-0.2, 0) is 10.0 Å². The van der Waals surface area contributed by atoms with Gasteiger partial charge in [0.2, 0.25) is 10.0 Å². The maximum Gasteiger partial charge on any atom is 0.288 e. The van der Waals surface area contributed by atoms with Gasteiger partial charge in [-0.1, -0.05) is 30.9 Å². The van der Waals surface area contributed by atoms with Crippen molar-refractivity contribution in [2.24, 2.45) is 0 Å². The molecule has 2 aromatic carbocycles. The molecule has 1 amide bonds. The molecular formula is C19H20ClN3O5S. The van der Waals surface area contributed by atoms with Gasteiger partial charge < -0.3 is 5.32 Å². The number of anilines is 1. The lowest BCUT2D eigenvalue weighted by molar-refractivity contribution is -0.384. The molecule has 0 atom stereocenters. The molecular weight excluding hydrogens is 418 g/mol. The number of nitrogens with one attached hydrogen (secondary N) is 2. The van der Waals surface area contributed by atoms with E-state index in [4.69, 9.17) is 11.6 Å². The predicted octanol–water partition coefficient (Wildman–Crippen LogP) is 4.11. The zero-order valence-corrected chi connectivity index (χ0v) is 17.0. The largest absolute Gasteiger partial charge is 0.322 e. The summed E-state index contributed by atoms with van der Waals surface area (Å²) in [5, 5.41) is 13.5. The summed E-state index contributed by atoms with van der Waals surface area (Å²) in [5.41, 5.74) is 0.0653. The van der Waals surface area contributed by atoms with Crippen molar-refractivity contribution in [3.05, 3.63) is 63.2 Å². The van der Waals surface area contributed by atoms with E-state index in [1.807, 2.05) is 0 Å². The number of amides is 1.